The molecule has 0 saturated heterocycles. The third kappa shape index (κ3) is 5.61. The summed E-state index contributed by atoms with van der Waals surface area (Å²) in [5, 5.41) is 2.99. The van der Waals surface area contributed by atoms with E-state index in [9.17, 15) is 19.2 Å². The molecule has 0 aliphatic carbocycles. The molecule has 4 N–H and O–H groups in total. The molecule has 1 aromatic heterocycles. The summed E-state index contributed by atoms with van der Waals surface area (Å²) in [7, 11) is 0. The molecule has 0 atom stereocenters. The number of hydrogen-bond donors (Lipinski definition) is 3. The van der Waals surface area contributed by atoms with Crippen LogP contribution in [0.4, 0.5) is 17.2 Å². The second kappa shape index (κ2) is 10.7. The van der Waals surface area contributed by atoms with E-state index in [0.29, 0.717) is 11.3 Å². The number of Topliss-reactive ketones (excluding diaryl/α,β-unsaturated/α-hetero) is 1. The zero-order chi connectivity index (χ0) is 24.8. The Hall–Kier alpha value is -4.14. The summed E-state index contributed by atoms with van der Waals surface area (Å²) in [6.07, 6.45) is 0. The number of amides is 1. The van der Waals surface area contributed by atoms with E-state index in [1.165, 1.54) is 16.4 Å². The second-order valence-corrected chi connectivity index (χ2v) is 8.42. The van der Waals surface area contributed by atoms with Crippen molar-refractivity contribution in [3.8, 4) is 0 Å². The second-order valence-electron chi connectivity index (χ2n) is 8.42. The van der Waals surface area contributed by atoms with Crippen molar-refractivity contribution in [2.24, 2.45) is 5.92 Å². The standard InChI is InChI=1S/C25H29N5O4/c1-16(2)14-29(21(32)13-27-20-12-8-7-11-19(20)17(3)31)22-23(26)30(25(34)28-24(22)33)15-18-9-5-4-6-10-18/h4-12,16,27H,13-15,26H2,1-3H3,(H,28,33,34). The molecule has 1 heterocycles. The summed E-state index contributed by atoms with van der Waals surface area (Å²) in [6, 6.07) is 16.1. The Labute approximate surface area is 197 Å². The number of H-pyrrole nitrogens is 1. The lowest BCUT2D eigenvalue weighted by atomic mass is 10.1. The SMILES string of the molecule is CC(=O)c1ccccc1NCC(=O)N(CC(C)C)c1c(N)n(Cc2ccccc2)c(=O)[nH]c1=O. The average molecular weight is 464 g/mol. The first-order chi connectivity index (χ1) is 16.2. The van der Waals surface area contributed by atoms with Crippen LogP contribution >= 0.6 is 0 Å². The highest BCUT2D eigenvalue weighted by atomic mass is 16.2. The fourth-order valence-electron chi connectivity index (χ4n) is 3.65. The molecule has 0 unspecified atom stereocenters. The first kappa shape index (κ1) is 24.5. The van der Waals surface area contributed by atoms with Crippen LogP contribution in [0.15, 0.2) is 64.2 Å². The van der Waals surface area contributed by atoms with E-state index in [0.717, 1.165) is 5.56 Å². The van der Waals surface area contributed by atoms with Crippen LogP contribution in [0.25, 0.3) is 0 Å². The molecule has 0 aliphatic heterocycles. The van der Waals surface area contributed by atoms with Gasteiger partial charge in [-0.05, 0) is 30.5 Å². The monoisotopic (exact) mass is 463 g/mol. The minimum absolute atomic E-state index is 0.0155. The van der Waals surface area contributed by atoms with Gasteiger partial charge in [-0.1, -0.05) is 56.3 Å². The molecule has 3 aromatic rings. The maximum atomic E-state index is 13.3. The molecular weight excluding hydrogens is 434 g/mol. The van der Waals surface area contributed by atoms with Crippen molar-refractivity contribution >= 4 is 28.9 Å². The van der Waals surface area contributed by atoms with Crippen LogP contribution in [0.2, 0.25) is 0 Å². The molecule has 2 aromatic carbocycles. The number of aromatic nitrogens is 2. The predicted octanol–water partition coefficient (Wildman–Crippen LogP) is 2.47. The van der Waals surface area contributed by atoms with Crippen LogP contribution in [0.1, 0.15) is 36.7 Å². The number of benzene rings is 2. The van der Waals surface area contributed by atoms with Crippen LogP contribution in [0.3, 0.4) is 0 Å². The van der Waals surface area contributed by atoms with Gasteiger partial charge in [0, 0.05) is 17.8 Å². The van der Waals surface area contributed by atoms with Crippen LogP contribution in [0, 0.1) is 5.92 Å². The number of para-hydroxylation sites is 1. The quantitative estimate of drug-likeness (QED) is 0.418. The van der Waals surface area contributed by atoms with Gasteiger partial charge in [-0.2, -0.15) is 0 Å². The third-order valence-electron chi connectivity index (χ3n) is 5.25. The summed E-state index contributed by atoms with van der Waals surface area (Å²) in [5.41, 5.74) is 6.64. The lowest BCUT2D eigenvalue weighted by molar-refractivity contribution is -0.117. The lowest BCUT2D eigenvalue weighted by Crippen LogP contribution is -2.44. The van der Waals surface area contributed by atoms with Gasteiger partial charge in [0.05, 0.1) is 13.1 Å². The number of carbonyl (C=O) groups is 2. The largest absolute Gasteiger partial charge is 0.383 e. The number of anilines is 3. The Kier molecular flexibility index (Phi) is 7.68. The van der Waals surface area contributed by atoms with Crippen molar-refractivity contribution in [1.82, 2.24) is 9.55 Å². The highest BCUT2D eigenvalue weighted by molar-refractivity contribution is 6.01. The Balaban J connectivity index is 1.97. The summed E-state index contributed by atoms with van der Waals surface area (Å²) in [5.74, 6) is -0.630. The van der Waals surface area contributed by atoms with Gasteiger partial charge in [0.1, 0.15) is 5.82 Å². The number of rotatable bonds is 9. The van der Waals surface area contributed by atoms with Gasteiger partial charge < -0.3 is 16.0 Å². The number of nitrogens with one attached hydrogen (secondary N) is 2. The van der Waals surface area contributed by atoms with Crippen molar-refractivity contribution < 1.29 is 9.59 Å². The number of nitrogens with zero attached hydrogens (tertiary/aromatic N) is 2. The first-order valence-corrected chi connectivity index (χ1v) is 11.0. The normalized spacial score (nSPS) is 10.8. The summed E-state index contributed by atoms with van der Waals surface area (Å²) < 4.78 is 1.24. The highest BCUT2D eigenvalue weighted by Crippen LogP contribution is 2.20. The van der Waals surface area contributed by atoms with Crippen molar-refractivity contribution in [2.45, 2.75) is 27.3 Å². The Morgan fingerprint density at radius 3 is 2.35 bits per heavy atom. The highest BCUT2D eigenvalue weighted by Gasteiger charge is 2.25. The Bertz CT molecular complexity index is 1290. The smallest absolute Gasteiger partial charge is 0.330 e. The van der Waals surface area contributed by atoms with Gasteiger partial charge >= 0.3 is 5.69 Å². The van der Waals surface area contributed by atoms with E-state index in [1.807, 2.05) is 44.2 Å². The van der Waals surface area contributed by atoms with E-state index < -0.39 is 17.2 Å². The Morgan fingerprint density at radius 1 is 1.06 bits per heavy atom. The first-order valence-electron chi connectivity index (χ1n) is 11.0. The molecule has 9 heteroatoms. The lowest BCUT2D eigenvalue weighted by Gasteiger charge is -2.26. The van der Waals surface area contributed by atoms with Crippen LogP contribution in [0.5, 0.6) is 0 Å². The molecule has 1 amide bonds. The van der Waals surface area contributed by atoms with E-state index in [1.54, 1.807) is 24.3 Å². The fourth-order valence-corrected chi connectivity index (χ4v) is 3.65. The molecule has 0 fully saturated rings. The van der Waals surface area contributed by atoms with E-state index in [4.69, 9.17) is 5.73 Å². The molecule has 34 heavy (non-hydrogen) atoms. The summed E-state index contributed by atoms with van der Waals surface area (Å²) >= 11 is 0. The molecule has 0 radical (unpaired) electrons. The number of aromatic amines is 1. The van der Waals surface area contributed by atoms with Gasteiger partial charge in [-0.3, -0.25) is 23.9 Å². The molecule has 3 rings (SSSR count). The Morgan fingerprint density at radius 2 is 1.71 bits per heavy atom. The van der Waals surface area contributed by atoms with Gasteiger partial charge in [0.25, 0.3) is 5.56 Å². The molecule has 178 valence electrons. The molecule has 9 nitrogen and oxygen atoms in total. The molecule has 0 saturated carbocycles. The maximum Gasteiger partial charge on any atom is 0.330 e. The van der Waals surface area contributed by atoms with Crippen LogP contribution in [-0.2, 0) is 11.3 Å². The minimum atomic E-state index is -0.732. The average Bonchev–Trinajstić information content (AvgIpc) is 2.80. The van der Waals surface area contributed by atoms with Gasteiger partial charge in [-0.15, -0.1) is 0 Å². The zero-order valence-corrected chi connectivity index (χ0v) is 19.5. The number of hydrogen-bond acceptors (Lipinski definition) is 6. The van der Waals surface area contributed by atoms with Crippen LogP contribution < -0.4 is 27.2 Å². The number of ketones is 1. The number of carbonyl (C=O) groups excluding carboxylic acids is 2. The molecule has 0 bridgehead atoms. The number of nitrogens with two attached hydrogens (primary N) is 1. The molecule has 0 spiro atoms. The van der Waals surface area contributed by atoms with Gasteiger partial charge in [0.15, 0.2) is 11.5 Å². The van der Waals surface area contributed by atoms with Crippen molar-refractivity contribution in [3.05, 3.63) is 86.6 Å². The predicted molar refractivity (Wildman–Crippen MR) is 133 cm³/mol. The third-order valence-corrected chi connectivity index (χ3v) is 5.25. The van der Waals surface area contributed by atoms with Crippen molar-refractivity contribution in [2.75, 3.05) is 29.0 Å². The van der Waals surface area contributed by atoms with Crippen molar-refractivity contribution in [1.29, 1.82) is 0 Å². The van der Waals surface area contributed by atoms with Gasteiger partial charge in [-0.25, -0.2) is 4.79 Å². The van der Waals surface area contributed by atoms with Crippen molar-refractivity contribution in [3.63, 3.8) is 0 Å². The minimum Gasteiger partial charge on any atom is -0.383 e. The zero-order valence-electron chi connectivity index (χ0n) is 19.5. The topological polar surface area (TPSA) is 130 Å². The maximum absolute atomic E-state index is 13.3. The van der Waals surface area contributed by atoms with E-state index in [-0.39, 0.29) is 42.8 Å². The van der Waals surface area contributed by atoms with E-state index >= 15 is 0 Å². The van der Waals surface area contributed by atoms with E-state index in [2.05, 4.69) is 10.3 Å². The molecule has 0 aliphatic rings. The summed E-state index contributed by atoms with van der Waals surface area (Å²) in [6.45, 7) is 5.44. The van der Waals surface area contributed by atoms with Gasteiger partial charge in [0.2, 0.25) is 5.91 Å². The number of nitrogen functional groups attached to an aromatic ring is 1. The molecular formula is C25H29N5O4. The summed E-state index contributed by atoms with van der Waals surface area (Å²) in [4.78, 5) is 54.1. The fraction of sp³-hybridized carbons (Fsp3) is 0.280. The van der Waals surface area contributed by atoms with Crippen LogP contribution in [-0.4, -0.2) is 34.3 Å².